The smallest absolute Gasteiger partial charge is 0.278 e. The molecule has 0 spiro atoms. The Kier molecular flexibility index (Phi) is 6.94. The molecular weight excluding hydrogens is 414 g/mol. The molecule has 172 valence electrons. The van der Waals surface area contributed by atoms with Gasteiger partial charge in [0.15, 0.2) is 0 Å². The molecule has 0 atom stereocenters. The van der Waals surface area contributed by atoms with E-state index >= 15 is 0 Å². The predicted molar refractivity (Wildman–Crippen MR) is 129 cm³/mol. The van der Waals surface area contributed by atoms with Gasteiger partial charge < -0.3 is 9.64 Å². The van der Waals surface area contributed by atoms with Gasteiger partial charge in [-0.2, -0.15) is 0 Å². The first-order valence-corrected chi connectivity index (χ1v) is 11.5. The summed E-state index contributed by atoms with van der Waals surface area (Å²) in [6.45, 7) is 11.8. The number of carbonyl (C=O) groups excluding carboxylic acids is 2. The van der Waals surface area contributed by atoms with Gasteiger partial charge in [0.1, 0.15) is 11.4 Å². The maximum Gasteiger partial charge on any atom is 0.278 e. The van der Waals surface area contributed by atoms with Crippen LogP contribution in [0.15, 0.2) is 72.9 Å². The molecule has 4 rings (SSSR count). The molecule has 0 aliphatic carbocycles. The maximum absolute atomic E-state index is 13.3. The summed E-state index contributed by atoms with van der Waals surface area (Å²) in [6, 6.07) is 17.8. The summed E-state index contributed by atoms with van der Waals surface area (Å²) < 4.78 is 5.74. The van der Waals surface area contributed by atoms with E-state index in [-0.39, 0.29) is 24.5 Å². The normalized spacial score (nSPS) is 17.3. The topological polar surface area (TPSA) is 53.1 Å². The molecule has 2 aliphatic heterocycles. The molecule has 2 aliphatic rings. The molecule has 0 bridgehead atoms. The summed E-state index contributed by atoms with van der Waals surface area (Å²) in [5.74, 6) is 0.234. The Balaban J connectivity index is 1.57. The fraction of sp³-hybridized carbons (Fsp3) is 0.333. The van der Waals surface area contributed by atoms with Gasteiger partial charge in [0, 0.05) is 39.3 Å². The van der Waals surface area contributed by atoms with Crippen LogP contribution >= 0.6 is 0 Å². The van der Waals surface area contributed by atoms with Gasteiger partial charge in [-0.15, -0.1) is 6.58 Å². The van der Waals surface area contributed by atoms with Crippen molar-refractivity contribution >= 4 is 17.4 Å². The van der Waals surface area contributed by atoms with Crippen LogP contribution in [-0.2, 0) is 16.1 Å². The lowest BCUT2D eigenvalue weighted by atomic mass is 10.0. The molecule has 0 unspecified atom stereocenters. The molecule has 2 amide bonds. The Morgan fingerprint density at radius 3 is 2.21 bits per heavy atom. The van der Waals surface area contributed by atoms with Crippen LogP contribution in [0.25, 0.3) is 5.57 Å². The number of amides is 2. The number of imide groups is 1. The van der Waals surface area contributed by atoms with Crippen LogP contribution in [-0.4, -0.2) is 65.3 Å². The van der Waals surface area contributed by atoms with E-state index in [4.69, 9.17) is 4.74 Å². The van der Waals surface area contributed by atoms with Gasteiger partial charge in [0.2, 0.25) is 0 Å². The van der Waals surface area contributed by atoms with E-state index < -0.39 is 0 Å². The monoisotopic (exact) mass is 445 g/mol. The van der Waals surface area contributed by atoms with Crippen molar-refractivity contribution in [1.29, 1.82) is 0 Å². The molecular formula is C27H31N3O3. The fourth-order valence-corrected chi connectivity index (χ4v) is 4.36. The van der Waals surface area contributed by atoms with Gasteiger partial charge in [-0.3, -0.25) is 19.4 Å². The molecule has 1 saturated heterocycles. The van der Waals surface area contributed by atoms with E-state index in [0.717, 1.165) is 30.9 Å². The Labute approximate surface area is 195 Å². The Morgan fingerprint density at radius 1 is 0.939 bits per heavy atom. The average molecular weight is 446 g/mol. The minimum absolute atomic E-state index is 0.0654. The van der Waals surface area contributed by atoms with E-state index in [2.05, 4.69) is 40.6 Å². The number of hydrogen-bond acceptors (Lipinski definition) is 5. The first-order valence-electron chi connectivity index (χ1n) is 11.5. The molecule has 6 nitrogen and oxygen atoms in total. The molecule has 2 aromatic rings. The number of hydrogen-bond donors (Lipinski definition) is 0. The summed E-state index contributed by atoms with van der Waals surface area (Å²) in [4.78, 5) is 32.3. The van der Waals surface area contributed by atoms with E-state index in [1.54, 1.807) is 6.08 Å². The number of nitrogens with zero attached hydrogens (tertiary/aromatic N) is 3. The molecule has 6 heteroatoms. The summed E-state index contributed by atoms with van der Waals surface area (Å²) in [5, 5.41) is 0. The van der Waals surface area contributed by atoms with E-state index in [1.165, 1.54) is 10.5 Å². The van der Waals surface area contributed by atoms with Crippen molar-refractivity contribution in [2.45, 2.75) is 26.5 Å². The van der Waals surface area contributed by atoms with E-state index in [9.17, 15) is 9.59 Å². The Morgan fingerprint density at radius 2 is 1.61 bits per heavy atom. The van der Waals surface area contributed by atoms with Gasteiger partial charge in [-0.1, -0.05) is 48.5 Å². The van der Waals surface area contributed by atoms with Crippen LogP contribution in [0.1, 0.15) is 25.0 Å². The molecule has 0 saturated carbocycles. The number of benzene rings is 2. The molecule has 0 N–H and O–H groups in total. The summed E-state index contributed by atoms with van der Waals surface area (Å²) in [6.07, 6.45) is 1.66. The quantitative estimate of drug-likeness (QED) is 0.459. The third kappa shape index (κ3) is 5.01. The largest absolute Gasteiger partial charge is 0.491 e. The SMILES string of the molecule is C=CCN1C(=O)C(c2ccc(OC(C)C)cc2)=C(N2CCN(Cc3ccccc3)CC2)C1=O. The maximum atomic E-state index is 13.3. The highest BCUT2D eigenvalue weighted by Gasteiger charge is 2.41. The van der Waals surface area contributed by atoms with E-state index in [1.807, 2.05) is 44.2 Å². The lowest BCUT2D eigenvalue weighted by Gasteiger charge is -2.36. The highest BCUT2D eigenvalue weighted by molar-refractivity contribution is 6.35. The second-order valence-electron chi connectivity index (χ2n) is 8.67. The minimum atomic E-state index is -0.265. The highest BCUT2D eigenvalue weighted by atomic mass is 16.5. The van der Waals surface area contributed by atoms with Crippen LogP contribution in [0.5, 0.6) is 5.75 Å². The fourth-order valence-electron chi connectivity index (χ4n) is 4.36. The van der Waals surface area contributed by atoms with Crippen LogP contribution in [0.3, 0.4) is 0 Å². The first kappa shape index (κ1) is 22.8. The van der Waals surface area contributed by atoms with Gasteiger partial charge in [-0.05, 0) is 37.1 Å². The average Bonchev–Trinajstić information content (AvgIpc) is 3.06. The third-order valence-corrected chi connectivity index (χ3v) is 5.91. The van der Waals surface area contributed by atoms with Crippen LogP contribution in [0.4, 0.5) is 0 Å². The van der Waals surface area contributed by atoms with Crippen LogP contribution in [0.2, 0.25) is 0 Å². The number of ether oxygens (including phenoxy) is 1. The zero-order valence-corrected chi connectivity index (χ0v) is 19.4. The standard InChI is InChI=1S/C27H31N3O3/c1-4-14-30-26(31)24(22-10-12-23(13-11-22)33-20(2)3)25(27(30)32)29-17-15-28(16-18-29)19-21-8-6-5-7-9-21/h4-13,20H,1,14-19H2,2-3H3. The van der Waals surface area contributed by atoms with Crippen molar-refractivity contribution in [3.63, 3.8) is 0 Å². The highest BCUT2D eigenvalue weighted by Crippen LogP contribution is 2.33. The van der Waals surface area contributed by atoms with Crippen molar-refractivity contribution in [1.82, 2.24) is 14.7 Å². The van der Waals surface area contributed by atoms with Crippen molar-refractivity contribution in [3.05, 3.63) is 84.1 Å². The predicted octanol–water partition coefficient (Wildman–Crippen LogP) is 3.56. The lowest BCUT2D eigenvalue weighted by Crippen LogP contribution is -2.47. The molecule has 0 aromatic heterocycles. The third-order valence-electron chi connectivity index (χ3n) is 5.91. The zero-order valence-electron chi connectivity index (χ0n) is 19.4. The second-order valence-corrected chi connectivity index (χ2v) is 8.67. The summed E-state index contributed by atoms with van der Waals surface area (Å²) in [5.41, 5.74) is 2.98. The van der Waals surface area contributed by atoms with Crippen LogP contribution < -0.4 is 4.74 Å². The van der Waals surface area contributed by atoms with Gasteiger partial charge >= 0.3 is 0 Å². The Hall–Kier alpha value is -3.38. The zero-order chi connectivity index (χ0) is 23.4. The van der Waals surface area contributed by atoms with Gasteiger partial charge in [0.25, 0.3) is 11.8 Å². The summed E-state index contributed by atoms with van der Waals surface area (Å²) in [7, 11) is 0. The molecule has 0 radical (unpaired) electrons. The number of carbonyl (C=O) groups is 2. The molecule has 2 aromatic carbocycles. The van der Waals surface area contributed by atoms with Gasteiger partial charge in [-0.25, -0.2) is 0 Å². The minimum Gasteiger partial charge on any atom is -0.491 e. The molecule has 1 fully saturated rings. The van der Waals surface area contributed by atoms with Crippen molar-refractivity contribution in [2.24, 2.45) is 0 Å². The van der Waals surface area contributed by atoms with E-state index in [0.29, 0.717) is 24.4 Å². The second kappa shape index (κ2) is 10.0. The Bertz CT molecular complexity index is 1040. The van der Waals surface area contributed by atoms with Crippen molar-refractivity contribution in [2.75, 3.05) is 32.7 Å². The van der Waals surface area contributed by atoms with Crippen LogP contribution in [0, 0.1) is 0 Å². The number of piperazine rings is 1. The van der Waals surface area contributed by atoms with Crippen molar-refractivity contribution in [3.8, 4) is 5.75 Å². The lowest BCUT2D eigenvalue weighted by molar-refractivity contribution is -0.137. The first-order chi connectivity index (χ1) is 16.0. The van der Waals surface area contributed by atoms with Gasteiger partial charge in [0.05, 0.1) is 11.7 Å². The summed E-state index contributed by atoms with van der Waals surface area (Å²) >= 11 is 0. The van der Waals surface area contributed by atoms with Crippen molar-refractivity contribution < 1.29 is 14.3 Å². The molecule has 2 heterocycles. The number of rotatable bonds is 8. The molecule has 33 heavy (non-hydrogen) atoms.